The molecule has 5 heteroatoms. The van der Waals surface area contributed by atoms with Crippen LogP contribution in [0.15, 0.2) is 0 Å². The number of carbonyl (C=O) groups excluding carboxylic acids is 2. The smallest absolute Gasteiger partial charge is 0.307 e. The summed E-state index contributed by atoms with van der Waals surface area (Å²) in [7, 11) is 3.93. The Balaban J connectivity index is 4.19. The van der Waals surface area contributed by atoms with Gasteiger partial charge >= 0.3 is 5.97 Å². The molecule has 0 bridgehead atoms. The van der Waals surface area contributed by atoms with E-state index in [0.29, 0.717) is 26.1 Å². The van der Waals surface area contributed by atoms with Crippen LogP contribution in [0.2, 0.25) is 0 Å². The second-order valence-electron chi connectivity index (χ2n) is 4.49. The van der Waals surface area contributed by atoms with Crippen LogP contribution in [0.5, 0.6) is 0 Å². The predicted octanol–water partition coefficient (Wildman–Crippen LogP) is 1.13. The van der Waals surface area contributed by atoms with Crippen molar-refractivity contribution in [1.82, 2.24) is 9.80 Å². The van der Waals surface area contributed by atoms with Gasteiger partial charge in [-0.1, -0.05) is 6.92 Å². The Labute approximate surface area is 110 Å². The third-order valence-corrected chi connectivity index (χ3v) is 2.52. The summed E-state index contributed by atoms with van der Waals surface area (Å²) in [5.41, 5.74) is 0. The monoisotopic (exact) mass is 258 g/mol. The van der Waals surface area contributed by atoms with Crippen LogP contribution in [0, 0.1) is 0 Å². The molecular weight excluding hydrogens is 232 g/mol. The molecule has 0 radical (unpaired) electrons. The van der Waals surface area contributed by atoms with E-state index in [2.05, 4.69) is 0 Å². The highest BCUT2D eigenvalue weighted by Crippen LogP contribution is 2.01. The molecular formula is C13H26N2O3. The standard InChI is InChI=1S/C13H26N2O3/c1-5-7-12(16)15(11-10-14(3)4)9-8-13(17)18-6-2/h5-11H2,1-4H3. The van der Waals surface area contributed by atoms with Gasteiger partial charge in [0.05, 0.1) is 13.0 Å². The molecule has 0 fully saturated rings. The van der Waals surface area contributed by atoms with Crippen molar-refractivity contribution in [2.24, 2.45) is 0 Å². The molecule has 0 unspecified atom stereocenters. The normalized spacial score (nSPS) is 10.5. The number of likely N-dealkylation sites (N-methyl/N-ethyl adjacent to an activating group) is 1. The highest BCUT2D eigenvalue weighted by atomic mass is 16.5. The fourth-order valence-corrected chi connectivity index (χ4v) is 1.51. The average molecular weight is 258 g/mol. The summed E-state index contributed by atoms with van der Waals surface area (Å²) in [6, 6.07) is 0. The zero-order chi connectivity index (χ0) is 14.0. The Morgan fingerprint density at radius 3 is 2.17 bits per heavy atom. The lowest BCUT2D eigenvalue weighted by molar-refractivity contribution is -0.144. The molecule has 0 aliphatic carbocycles. The predicted molar refractivity (Wildman–Crippen MR) is 71.3 cm³/mol. The van der Waals surface area contributed by atoms with E-state index < -0.39 is 0 Å². The Morgan fingerprint density at radius 2 is 1.67 bits per heavy atom. The van der Waals surface area contributed by atoms with Gasteiger partial charge in [-0.2, -0.15) is 0 Å². The van der Waals surface area contributed by atoms with Crippen LogP contribution in [0.3, 0.4) is 0 Å². The highest BCUT2D eigenvalue weighted by molar-refractivity contribution is 5.77. The Hall–Kier alpha value is -1.10. The van der Waals surface area contributed by atoms with Crippen molar-refractivity contribution in [3.8, 4) is 0 Å². The fraction of sp³-hybridized carbons (Fsp3) is 0.846. The molecule has 0 rings (SSSR count). The highest BCUT2D eigenvalue weighted by Gasteiger charge is 2.14. The minimum Gasteiger partial charge on any atom is -0.466 e. The molecule has 0 aliphatic heterocycles. The van der Waals surface area contributed by atoms with E-state index in [0.717, 1.165) is 13.0 Å². The molecule has 1 amide bonds. The van der Waals surface area contributed by atoms with Gasteiger partial charge in [0.25, 0.3) is 0 Å². The van der Waals surface area contributed by atoms with Gasteiger partial charge in [-0.15, -0.1) is 0 Å². The van der Waals surface area contributed by atoms with Gasteiger partial charge in [0.1, 0.15) is 0 Å². The first-order valence-corrected chi connectivity index (χ1v) is 6.59. The summed E-state index contributed by atoms with van der Waals surface area (Å²) < 4.78 is 4.87. The maximum atomic E-state index is 11.9. The van der Waals surface area contributed by atoms with Gasteiger partial charge in [-0.25, -0.2) is 0 Å². The fourth-order valence-electron chi connectivity index (χ4n) is 1.51. The summed E-state index contributed by atoms with van der Waals surface area (Å²) in [6.07, 6.45) is 1.64. The molecule has 0 aliphatic rings. The Morgan fingerprint density at radius 1 is 1.00 bits per heavy atom. The van der Waals surface area contributed by atoms with Crippen molar-refractivity contribution >= 4 is 11.9 Å². The second kappa shape index (κ2) is 9.88. The quantitative estimate of drug-likeness (QED) is 0.582. The van der Waals surface area contributed by atoms with Crippen LogP contribution >= 0.6 is 0 Å². The van der Waals surface area contributed by atoms with Crippen molar-refractivity contribution in [1.29, 1.82) is 0 Å². The number of hydrogen-bond acceptors (Lipinski definition) is 4. The lowest BCUT2D eigenvalue weighted by atomic mass is 10.2. The van der Waals surface area contributed by atoms with E-state index >= 15 is 0 Å². The SMILES string of the molecule is CCCC(=O)N(CCC(=O)OCC)CCN(C)C. The minimum absolute atomic E-state index is 0.114. The number of esters is 1. The lowest BCUT2D eigenvalue weighted by Gasteiger charge is -2.24. The van der Waals surface area contributed by atoms with Crippen LogP contribution in [0.4, 0.5) is 0 Å². The number of nitrogens with zero attached hydrogens (tertiary/aromatic N) is 2. The van der Waals surface area contributed by atoms with Gasteiger partial charge in [0, 0.05) is 26.1 Å². The van der Waals surface area contributed by atoms with E-state index in [4.69, 9.17) is 4.74 Å². The number of ether oxygens (including phenoxy) is 1. The van der Waals surface area contributed by atoms with Crippen LogP contribution < -0.4 is 0 Å². The van der Waals surface area contributed by atoms with Crippen LogP contribution in [0.1, 0.15) is 33.1 Å². The third kappa shape index (κ3) is 8.06. The number of hydrogen-bond donors (Lipinski definition) is 0. The second-order valence-corrected chi connectivity index (χ2v) is 4.49. The number of rotatable bonds is 9. The van der Waals surface area contributed by atoms with E-state index in [-0.39, 0.29) is 18.3 Å². The van der Waals surface area contributed by atoms with Gasteiger partial charge in [0.15, 0.2) is 0 Å². The first-order chi connectivity index (χ1) is 8.51. The zero-order valence-corrected chi connectivity index (χ0v) is 12.1. The summed E-state index contributed by atoms with van der Waals surface area (Å²) >= 11 is 0. The minimum atomic E-state index is -0.239. The van der Waals surface area contributed by atoms with Gasteiger partial charge < -0.3 is 14.5 Å². The Kier molecular flexibility index (Phi) is 9.28. The molecule has 0 saturated heterocycles. The first-order valence-electron chi connectivity index (χ1n) is 6.59. The summed E-state index contributed by atoms with van der Waals surface area (Å²) in [5, 5.41) is 0. The molecule has 0 N–H and O–H groups in total. The maximum absolute atomic E-state index is 11.9. The molecule has 0 heterocycles. The van der Waals surface area contributed by atoms with Gasteiger partial charge in [-0.05, 0) is 27.4 Å². The molecule has 18 heavy (non-hydrogen) atoms. The van der Waals surface area contributed by atoms with Crippen LogP contribution in [-0.4, -0.2) is 62.0 Å². The number of amides is 1. The van der Waals surface area contributed by atoms with Crippen molar-refractivity contribution in [2.75, 3.05) is 40.3 Å². The Bertz CT molecular complexity index is 255. The van der Waals surface area contributed by atoms with Crippen molar-refractivity contribution in [3.05, 3.63) is 0 Å². The summed E-state index contributed by atoms with van der Waals surface area (Å²) in [6.45, 7) is 6.06. The summed E-state index contributed by atoms with van der Waals surface area (Å²) in [5.74, 6) is -0.125. The molecule has 0 spiro atoms. The molecule has 0 aromatic rings. The molecule has 5 nitrogen and oxygen atoms in total. The lowest BCUT2D eigenvalue weighted by Crippen LogP contribution is -2.38. The average Bonchev–Trinajstić information content (AvgIpc) is 2.29. The van der Waals surface area contributed by atoms with Crippen LogP contribution in [0.25, 0.3) is 0 Å². The summed E-state index contributed by atoms with van der Waals surface area (Å²) in [4.78, 5) is 27.0. The maximum Gasteiger partial charge on any atom is 0.307 e. The molecule has 0 aromatic heterocycles. The third-order valence-electron chi connectivity index (χ3n) is 2.52. The van der Waals surface area contributed by atoms with Gasteiger partial charge in [0.2, 0.25) is 5.91 Å². The zero-order valence-electron chi connectivity index (χ0n) is 12.1. The van der Waals surface area contributed by atoms with Gasteiger partial charge in [-0.3, -0.25) is 9.59 Å². The van der Waals surface area contributed by atoms with Crippen molar-refractivity contribution < 1.29 is 14.3 Å². The van der Waals surface area contributed by atoms with E-state index in [1.807, 2.05) is 25.9 Å². The molecule has 0 saturated carbocycles. The van der Waals surface area contributed by atoms with Crippen molar-refractivity contribution in [3.63, 3.8) is 0 Å². The number of carbonyl (C=O) groups is 2. The molecule has 0 aromatic carbocycles. The van der Waals surface area contributed by atoms with Crippen molar-refractivity contribution in [2.45, 2.75) is 33.1 Å². The molecule has 0 atom stereocenters. The molecule has 106 valence electrons. The van der Waals surface area contributed by atoms with E-state index in [1.54, 1.807) is 11.8 Å². The van der Waals surface area contributed by atoms with E-state index in [1.165, 1.54) is 0 Å². The first kappa shape index (κ1) is 16.9. The van der Waals surface area contributed by atoms with E-state index in [9.17, 15) is 9.59 Å². The topological polar surface area (TPSA) is 49.9 Å². The largest absolute Gasteiger partial charge is 0.466 e. The van der Waals surface area contributed by atoms with Crippen LogP contribution in [-0.2, 0) is 14.3 Å².